The van der Waals surface area contributed by atoms with Crippen LogP contribution in [-0.4, -0.2) is 41.8 Å². The molecule has 1 N–H and O–H groups in total. The van der Waals surface area contributed by atoms with Crippen molar-refractivity contribution in [3.05, 3.63) is 17.5 Å². The Morgan fingerprint density at radius 2 is 2.30 bits per heavy atom. The second kappa shape index (κ2) is 6.65. The topological polar surface area (TPSA) is 73.3 Å². The molecule has 0 bridgehead atoms. The van der Waals surface area contributed by atoms with Gasteiger partial charge in [-0.25, -0.2) is 14.8 Å². The maximum absolute atomic E-state index is 11.7. The Bertz CT molecular complexity index is 479. The van der Waals surface area contributed by atoms with E-state index in [1.54, 1.807) is 21.0 Å². The molecule has 0 aromatic carbocycles. The number of aryl methyl sites for hydroxylation is 1. The summed E-state index contributed by atoms with van der Waals surface area (Å²) < 4.78 is 10.3. The molecule has 110 valence electrons. The lowest BCUT2D eigenvalue weighted by molar-refractivity contribution is 0.0524. The summed E-state index contributed by atoms with van der Waals surface area (Å²) in [5.74, 6) is 0.175. The zero-order chi connectivity index (χ0) is 14.5. The van der Waals surface area contributed by atoms with Gasteiger partial charge < -0.3 is 14.8 Å². The molecule has 1 heterocycles. The molecule has 0 saturated heterocycles. The summed E-state index contributed by atoms with van der Waals surface area (Å²) in [7, 11) is 1.74. The van der Waals surface area contributed by atoms with Crippen molar-refractivity contribution in [2.75, 3.05) is 19.0 Å². The van der Waals surface area contributed by atoms with Gasteiger partial charge in [0.25, 0.3) is 0 Å². The van der Waals surface area contributed by atoms with E-state index < -0.39 is 0 Å². The lowest BCUT2D eigenvalue weighted by Crippen LogP contribution is -2.20. The molecule has 1 aliphatic rings. The van der Waals surface area contributed by atoms with Gasteiger partial charge in [0.2, 0.25) is 5.95 Å². The molecule has 1 fully saturated rings. The summed E-state index contributed by atoms with van der Waals surface area (Å²) in [6.07, 6.45) is 4.88. The Hall–Kier alpha value is -1.69. The third kappa shape index (κ3) is 3.45. The van der Waals surface area contributed by atoms with E-state index in [-0.39, 0.29) is 5.97 Å². The molecule has 2 atom stereocenters. The van der Waals surface area contributed by atoms with Crippen molar-refractivity contribution in [2.45, 2.75) is 45.3 Å². The Kier molecular flexibility index (Phi) is 4.89. The van der Waals surface area contributed by atoms with Crippen LogP contribution in [0.5, 0.6) is 0 Å². The van der Waals surface area contributed by atoms with E-state index >= 15 is 0 Å². The molecule has 1 aromatic rings. The fourth-order valence-corrected chi connectivity index (χ4v) is 2.41. The number of esters is 1. The predicted octanol–water partition coefficient (Wildman–Crippen LogP) is 1.94. The highest BCUT2D eigenvalue weighted by Gasteiger charge is 2.25. The lowest BCUT2D eigenvalue weighted by Gasteiger charge is -2.13. The molecule has 1 aliphatic carbocycles. The zero-order valence-corrected chi connectivity index (χ0v) is 12.2. The van der Waals surface area contributed by atoms with E-state index in [0.717, 1.165) is 19.3 Å². The van der Waals surface area contributed by atoms with Gasteiger partial charge in [0.05, 0.1) is 24.0 Å². The van der Waals surface area contributed by atoms with Crippen molar-refractivity contribution < 1.29 is 14.3 Å². The summed E-state index contributed by atoms with van der Waals surface area (Å²) >= 11 is 0. The minimum Gasteiger partial charge on any atom is -0.462 e. The van der Waals surface area contributed by atoms with Crippen molar-refractivity contribution in [1.82, 2.24) is 9.97 Å². The number of methoxy groups -OCH3 is 1. The van der Waals surface area contributed by atoms with Crippen LogP contribution < -0.4 is 5.32 Å². The van der Waals surface area contributed by atoms with Crippen molar-refractivity contribution in [3.8, 4) is 0 Å². The first-order chi connectivity index (χ1) is 9.63. The largest absolute Gasteiger partial charge is 0.462 e. The van der Waals surface area contributed by atoms with E-state index in [1.165, 1.54) is 6.20 Å². The number of aromatic nitrogens is 2. The predicted molar refractivity (Wildman–Crippen MR) is 74.8 cm³/mol. The summed E-state index contributed by atoms with van der Waals surface area (Å²) in [6, 6.07) is 0.327. The van der Waals surface area contributed by atoms with E-state index in [0.29, 0.717) is 36.0 Å². The first-order valence-corrected chi connectivity index (χ1v) is 6.94. The molecule has 1 aromatic heterocycles. The highest BCUT2D eigenvalue weighted by molar-refractivity contribution is 5.90. The molecular formula is C14H21N3O3. The number of carbonyl (C=O) groups is 1. The number of rotatable bonds is 5. The number of nitrogens with one attached hydrogen (secondary N) is 1. The van der Waals surface area contributed by atoms with E-state index in [9.17, 15) is 4.79 Å². The van der Waals surface area contributed by atoms with Gasteiger partial charge in [-0.05, 0) is 33.1 Å². The number of ether oxygens (including phenoxy) is 2. The minimum atomic E-state index is -0.378. The normalized spacial score (nSPS) is 21.8. The molecule has 6 heteroatoms. The van der Waals surface area contributed by atoms with E-state index in [1.807, 2.05) is 0 Å². The fraction of sp³-hybridized carbons (Fsp3) is 0.643. The smallest absolute Gasteiger partial charge is 0.341 e. The van der Waals surface area contributed by atoms with Crippen LogP contribution in [0, 0.1) is 6.92 Å². The third-order valence-electron chi connectivity index (χ3n) is 3.53. The molecule has 0 amide bonds. The van der Waals surface area contributed by atoms with Crippen LogP contribution in [0.1, 0.15) is 42.2 Å². The Balaban J connectivity index is 2.00. The van der Waals surface area contributed by atoms with Gasteiger partial charge >= 0.3 is 5.97 Å². The average molecular weight is 279 g/mol. The van der Waals surface area contributed by atoms with Crippen molar-refractivity contribution in [2.24, 2.45) is 0 Å². The van der Waals surface area contributed by atoms with Gasteiger partial charge in [-0.3, -0.25) is 0 Å². The van der Waals surface area contributed by atoms with E-state index in [2.05, 4.69) is 15.3 Å². The number of anilines is 1. The average Bonchev–Trinajstić information content (AvgIpc) is 2.86. The first kappa shape index (κ1) is 14.7. The van der Waals surface area contributed by atoms with Crippen LogP contribution in [0.3, 0.4) is 0 Å². The van der Waals surface area contributed by atoms with Gasteiger partial charge in [-0.1, -0.05) is 0 Å². The Morgan fingerprint density at radius 3 is 2.90 bits per heavy atom. The van der Waals surface area contributed by atoms with Crippen LogP contribution in [0.2, 0.25) is 0 Å². The molecular weight excluding hydrogens is 258 g/mol. The fourth-order valence-electron chi connectivity index (χ4n) is 2.41. The minimum absolute atomic E-state index is 0.312. The van der Waals surface area contributed by atoms with Crippen LogP contribution in [-0.2, 0) is 9.47 Å². The highest BCUT2D eigenvalue weighted by atomic mass is 16.5. The molecule has 0 radical (unpaired) electrons. The maximum atomic E-state index is 11.7. The Morgan fingerprint density at radius 1 is 1.50 bits per heavy atom. The monoisotopic (exact) mass is 279 g/mol. The van der Waals surface area contributed by atoms with Crippen molar-refractivity contribution in [1.29, 1.82) is 0 Å². The van der Waals surface area contributed by atoms with Gasteiger partial charge in [0, 0.05) is 19.3 Å². The maximum Gasteiger partial charge on any atom is 0.341 e. The summed E-state index contributed by atoms with van der Waals surface area (Å²) in [5, 5.41) is 3.29. The molecule has 2 unspecified atom stereocenters. The lowest BCUT2D eigenvalue weighted by atomic mass is 10.2. The van der Waals surface area contributed by atoms with Crippen LogP contribution in [0.15, 0.2) is 6.20 Å². The number of hydrogen-bond donors (Lipinski definition) is 1. The van der Waals surface area contributed by atoms with Gasteiger partial charge in [0.15, 0.2) is 0 Å². The second-order valence-corrected chi connectivity index (χ2v) is 4.93. The third-order valence-corrected chi connectivity index (χ3v) is 3.53. The standard InChI is InChI=1S/C14H21N3O3/c1-4-20-13(18)12-8-15-14(16-9(12)2)17-10-5-6-11(7-10)19-3/h8,10-11H,4-7H2,1-3H3,(H,15,16,17). The zero-order valence-electron chi connectivity index (χ0n) is 12.2. The van der Waals surface area contributed by atoms with Crippen molar-refractivity contribution in [3.63, 3.8) is 0 Å². The Labute approximate surface area is 118 Å². The summed E-state index contributed by atoms with van der Waals surface area (Å²) in [6.45, 7) is 3.90. The van der Waals surface area contributed by atoms with E-state index in [4.69, 9.17) is 9.47 Å². The summed E-state index contributed by atoms with van der Waals surface area (Å²) in [5.41, 5.74) is 1.04. The second-order valence-electron chi connectivity index (χ2n) is 4.93. The van der Waals surface area contributed by atoms with Gasteiger partial charge in [-0.15, -0.1) is 0 Å². The van der Waals surface area contributed by atoms with Crippen molar-refractivity contribution >= 4 is 11.9 Å². The summed E-state index contributed by atoms with van der Waals surface area (Å²) in [4.78, 5) is 20.2. The van der Waals surface area contributed by atoms with Crippen LogP contribution in [0.25, 0.3) is 0 Å². The molecule has 0 aliphatic heterocycles. The van der Waals surface area contributed by atoms with Crippen LogP contribution in [0.4, 0.5) is 5.95 Å². The van der Waals surface area contributed by atoms with Gasteiger partial charge in [0.1, 0.15) is 0 Å². The molecule has 2 rings (SSSR count). The number of carbonyl (C=O) groups excluding carboxylic acids is 1. The number of hydrogen-bond acceptors (Lipinski definition) is 6. The highest BCUT2D eigenvalue weighted by Crippen LogP contribution is 2.23. The first-order valence-electron chi connectivity index (χ1n) is 6.94. The molecule has 6 nitrogen and oxygen atoms in total. The molecule has 20 heavy (non-hydrogen) atoms. The molecule has 1 saturated carbocycles. The van der Waals surface area contributed by atoms with Crippen LogP contribution >= 0.6 is 0 Å². The number of nitrogens with zero attached hydrogens (tertiary/aromatic N) is 2. The van der Waals surface area contributed by atoms with Gasteiger partial charge in [-0.2, -0.15) is 0 Å². The quantitative estimate of drug-likeness (QED) is 0.830. The molecule has 0 spiro atoms. The SMILES string of the molecule is CCOC(=O)c1cnc(NC2CCC(OC)C2)nc1C.